The number of rotatable bonds is 8. The van der Waals surface area contributed by atoms with Gasteiger partial charge in [0.15, 0.2) is 11.6 Å². The van der Waals surface area contributed by atoms with Gasteiger partial charge in [0.2, 0.25) is 15.9 Å². The van der Waals surface area contributed by atoms with E-state index in [1.165, 1.54) is 12.5 Å². The van der Waals surface area contributed by atoms with E-state index in [-0.39, 0.29) is 5.69 Å². The summed E-state index contributed by atoms with van der Waals surface area (Å²) >= 11 is 0. The van der Waals surface area contributed by atoms with E-state index in [1.807, 2.05) is 31.2 Å². The standard InChI is InChI=1S/C20H24F2N2O3S/c1-14-6-8-16(9-7-14)5-4-12-23-20(25)15(2)24(28(3,26)27)17-10-11-18(21)19(22)13-17/h6-11,13,15H,4-5,12H2,1-3H3,(H,23,25)/t15-/m1/s1. The number of halogens is 2. The Balaban J connectivity index is 2.01. The maximum absolute atomic E-state index is 13.5. The number of hydrogen-bond acceptors (Lipinski definition) is 3. The van der Waals surface area contributed by atoms with Crippen LogP contribution in [0.5, 0.6) is 0 Å². The second-order valence-corrected chi connectivity index (χ2v) is 8.57. The van der Waals surface area contributed by atoms with Gasteiger partial charge in [-0.3, -0.25) is 9.10 Å². The quantitative estimate of drug-likeness (QED) is 0.680. The van der Waals surface area contributed by atoms with Crippen LogP contribution in [0.3, 0.4) is 0 Å². The van der Waals surface area contributed by atoms with E-state index >= 15 is 0 Å². The molecule has 0 aliphatic rings. The zero-order valence-electron chi connectivity index (χ0n) is 16.1. The van der Waals surface area contributed by atoms with E-state index < -0.39 is 33.6 Å². The smallest absolute Gasteiger partial charge is 0.243 e. The number of amides is 1. The first-order chi connectivity index (χ1) is 13.1. The van der Waals surface area contributed by atoms with Gasteiger partial charge in [-0.25, -0.2) is 17.2 Å². The molecule has 1 amide bonds. The Morgan fingerprint density at radius 1 is 1.11 bits per heavy atom. The molecule has 2 aromatic carbocycles. The predicted molar refractivity (Wildman–Crippen MR) is 106 cm³/mol. The number of sulfonamides is 1. The largest absolute Gasteiger partial charge is 0.354 e. The van der Waals surface area contributed by atoms with Crippen molar-refractivity contribution < 1.29 is 22.0 Å². The van der Waals surface area contributed by atoms with Crippen LogP contribution in [-0.4, -0.2) is 33.2 Å². The third-order valence-corrected chi connectivity index (χ3v) is 5.55. The number of aryl methyl sites for hydroxylation is 2. The lowest BCUT2D eigenvalue weighted by molar-refractivity contribution is -0.121. The van der Waals surface area contributed by atoms with Gasteiger partial charge in [-0.2, -0.15) is 0 Å². The van der Waals surface area contributed by atoms with E-state index in [0.29, 0.717) is 13.0 Å². The summed E-state index contributed by atoms with van der Waals surface area (Å²) in [6, 6.07) is 9.68. The normalized spacial score (nSPS) is 12.5. The van der Waals surface area contributed by atoms with Crippen LogP contribution in [0.25, 0.3) is 0 Å². The Morgan fingerprint density at radius 2 is 1.75 bits per heavy atom. The Morgan fingerprint density at radius 3 is 2.32 bits per heavy atom. The first-order valence-corrected chi connectivity index (χ1v) is 10.7. The first-order valence-electron chi connectivity index (χ1n) is 8.87. The molecular weight excluding hydrogens is 386 g/mol. The first kappa shape index (κ1) is 21.8. The lowest BCUT2D eigenvalue weighted by Gasteiger charge is -2.28. The number of nitrogens with zero attached hydrogens (tertiary/aromatic N) is 1. The van der Waals surface area contributed by atoms with Crippen LogP contribution >= 0.6 is 0 Å². The minimum Gasteiger partial charge on any atom is -0.354 e. The van der Waals surface area contributed by atoms with Gasteiger partial charge in [-0.05, 0) is 44.4 Å². The molecule has 0 fully saturated rings. The van der Waals surface area contributed by atoms with Gasteiger partial charge < -0.3 is 5.32 Å². The lowest BCUT2D eigenvalue weighted by atomic mass is 10.1. The summed E-state index contributed by atoms with van der Waals surface area (Å²) in [6.45, 7) is 3.77. The number of carbonyl (C=O) groups excluding carboxylic acids is 1. The number of hydrogen-bond donors (Lipinski definition) is 1. The van der Waals surface area contributed by atoms with E-state index in [4.69, 9.17) is 0 Å². The van der Waals surface area contributed by atoms with Gasteiger partial charge in [-0.1, -0.05) is 29.8 Å². The molecule has 152 valence electrons. The zero-order chi connectivity index (χ0) is 20.9. The van der Waals surface area contributed by atoms with Crippen molar-refractivity contribution in [3.05, 3.63) is 65.2 Å². The van der Waals surface area contributed by atoms with Gasteiger partial charge in [0.1, 0.15) is 6.04 Å². The number of anilines is 1. The van der Waals surface area contributed by atoms with Crippen LogP contribution in [-0.2, 0) is 21.2 Å². The fourth-order valence-electron chi connectivity index (χ4n) is 2.84. The highest BCUT2D eigenvalue weighted by Gasteiger charge is 2.29. The second-order valence-electron chi connectivity index (χ2n) is 6.71. The average Bonchev–Trinajstić information content (AvgIpc) is 2.62. The molecular formula is C20H24F2N2O3S. The van der Waals surface area contributed by atoms with Crippen molar-refractivity contribution in [2.24, 2.45) is 0 Å². The minimum atomic E-state index is -3.89. The summed E-state index contributed by atoms with van der Waals surface area (Å²) in [5, 5.41) is 2.70. The van der Waals surface area contributed by atoms with Crippen molar-refractivity contribution in [3.63, 3.8) is 0 Å². The van der Waals surface area contributed by atoms with Crippen LogP contribution in [0.1, 0.15) is 24.5 Å². The molecule has 2 aromatic rings. The van der Waals surface area contributed by atoms with Crippen molar-refractivity contribution in [3.8, 4) is 0 Å². The van der Waals surface area contributed by atoms with Crippen molar-refractivity contribution in [2.75, 3.05) is 17.1 Å². The van der Waals surface area contributed by atoms with Crippen molar-refractivity contribution in [1.82, 2.24) is 5.32 Å². The van der Waals surface area contributed by atoms with Gasteiger partial charge in [-0.15, -0.1) is 0 Å². The van der Waals surface area contributed by atoms with E-state index in [9.17, 15) is 22.0 Å². The molecule has 0 aliphatic heterocycles. The maximum atomic E-state index is 13.5. The van der Waals surface area contributed by atoms with E-state index in [1.54, 1.807) is 0 Å². The molecule has 0 radical (unpaired) electrons. The Hall–Kier alpha value is -2.48. The number of nitrogens with one attached hydrogen (secondary N) is 1. The van der Waals surface area contributed by atoms with Gasteiger partial charge in [0.25, 0.3) is 0 Å². The predicted octanol–water partition coefficient (Wildman–Crippen LogP) is 3.18. The zero-order valence-corrected chi connectivity index (χ0v) is 16.9. The van der Waals surface area contributed by atoms with Gasteiger partial charge in [0.05, 0.1) is 11.9 Å². The summed E-state index contributed by atoms with van der Waals surface area (Å²) in [5.41, 5.74) is 2.21. The molecule has 2 rings (SSSR count). The van der Waals surface area contributed by atoms with Crippen LogP contribution in [0.15, 0.2) is 42.5 Å². The molecule has 0 unspecified atom stereocenters. The second kappa shape index (κ2) is 9.14. The number of carbonyl (C=O) groups is 1. The van der Waals surface area contributed by atoms with Crippen molar-refractivity contribution >= 4 is 21.6 Å². The van der Waals surface area contributed by atoms with Crippen molar-refractivity contribution in [2.45, 2.75) is 32.7 Å². The number of benzene rings is 2. The molecule has 0 bridgehead atoms. The molecule has 0 aromatic heterocycles. The Labute approximate surface area is 164 Å². The highest BCUT2D eigenvalue weighted by molar-refractivity contribution is 7.92. The van der Waals surface area contributed by atoms with E-state index in [0.717, 1.165) is 40.7 Å². The maximum Gasteiger partial charge on any atom is 0.243 e. The molecule has 0 saturated heterocycles. The van der Waals surface area contributed by atoms with Crippen LogP contribution < -0.4 is 9.62 Å². The molecule has 1 N–H and O–H groups in total. The molecule has 0 spiro atoms. The average molecular weight is 410 g/mol. The molecule has 1 atom stereocenters. The SMILES string of the molecule is Cc1ccc(CCCNC(=O)[C@@H](C)N(c2ccc(F)c(F)c2)S(C)(=O)=O)cc1. The van der Waals surface area contributed by atoms with E-state index in [2.05, 4.69) is 5.32 Å². The molecule has 0 saturated carbocycles. The highest BCUT2D eigenvalue weighted by Crippen LogP contribution is 2.23. The molecule has 0 aliphatic carbocycles. The fraction of sp³-hybridized carbons (Fsp3) is 0.350. The monoisotopic (exact) mass is 410 g/mol. The third-order valence-electron chi connectivity index (χ3n) is 4.31. The minimum absolute atomic E-state index is 0.108. The van der Waals surface area contributed by atoms with Crippen LogP contribution in [0.4, 0.5) is 14.5 Å². The molecule has 0 heterocycles. The summed E-state index contributed by atoms with van der Waals surface area (Å²) in [4.78, 5) is 12.4. The summed E-state index contributed by atoms with van der Waals surface area (Å²) in [5.74, 6) is -2.79. The summed E-state index contributed by atoms with van der Waals surface area (Å²) in [6.07, 6.45) is 2.37. The summed E-state index contributed by atoms with van der Waals surface area (Å²) in [7, 11) is -3.89. The highest BCUT2D eigenvalue weighted by atomic mass is 32.2. The Bertz CT molecular complexity index is 931. The van der Waals surface area contributed by atoms with Crippen LogP contribution in [0, 0.1) is 18.6 Å². The topological polar surface area (TPSA) is 66.5 Å². The van der Waals surface area contributed by atoms with Gasteiger partial charge in [0, 0.05) is 12.6 Å². The van der Waals surface area contributed by atoms with Crippen molar-refractivity contribution in [1.29, 1.82) is 0 Å². The molecule has 28 heavy (non-hydrogen) atoms. The lowest BCUT2D eigenvalue weighted by Crippen LogP contribution is -2.48. The van der Waals surface area contributed by atoms with Gasteiger partial charge >= 0.3 is 0 Å². The fourth-order valence-corrected chi connectivity index (χ4v) is 4.00. The Kier molecular flexibility index (Phi) is 7.12. The summed E-state index contributed by atoms with van der Waals surface area (Å²) < 4.78 is 51.8. The van der Waals surface area contributed by atoms with Crippen LogP contribution in [0.2, 0.25) is 0 Å². The molecule has 5 nitrogen and oxygen atoms in total. The molecule has 8 heteroatoms. The third kappa shape index (κ3) is 5.76.